The van der Waals surface area contributed by atoms with E-state index in [1.165, 1.54) is 6.20 Å². The predicted octanol–water partition coefficient (Wildman–Crippen LogP) is 0.662. The van der Waals surface area contributed by atoms with Gasteiger partial charge in [-0.15, -0.1) is 0 Å². The van der Waals surface area contributed by atoms with Crippen LogP contribution in [0.25, 0.3) is 0 Å². The molecule has 1 N–H and O–H groups in total. The Kier molecular flexibility index (Phi) is 3.01. The van der Waals surface area contributed by atoms with Crippen molar-refractivity contribution in [1.29, 1.82) is 0 Å². The standard InChI is InChI=1S/C10H14N2O3/c13-7-8-3-1-2-6-12(8)10(14)9-4-5-11-15-9/h4-5,8,13H,1-3,6-7H2. The molecule has 5 nitrogen and oxygen atoms in total. The third-order valence-electron chi connectivity index (χ3n) is 2.75. The number of piperidine rings is 1. The lowest BCUT2D eigenvalue weighted by molar-refractivity contribution is 0.0464. The van der Waals surface area contributed by atoms with Crippen LogP contribution in [0, 0.1) is 0 Å². The molecular formula is C10H14N2O3. The summed E-state index contributed by atoms with van der Waals surface area (Å²) < 4.78 is 4.82. The smallest absolute Gasteiger partial charge is 0.292 e. The van der Waals surface area contributed by atoms with Gasteiger partial charge in [-0.1, -0.05) is 5.16 Å². The first kappa shape index (κ1) is 10.2. The Balaban J connectivity index is 2.11. The van der Waals surface area contributed by atoms with Gasteiger partial charge in [-0.05, 0) is 19.3 Å². The SMILES string of the molecule is O=C(c1ccno1)N1CCCCC1CO. The van der Waals surface area contributed by atoms with Gasteiger partial charge in [-0.3, -0.25) is 4.79 Å². The van der Waals surface area contributed by atoms with E-state index < -0.39 is 0 Å². The number of amides is 1. The van der Waals surface area contributed by atoms with Crippen LogP contribution in [0.3, 0.4) is 0 Å². The van der Waals surface area contributed by atoms with Gasteiger partial charge in [0, 0.05) is 12.6 Å². The van der Waals surface area contributed by atoms with Gasteiger partial charge in [0.05, 0.1) is 18.8 Å². The van der Waals surface area contributed by atoms with Crippen molar-refractivity contribution in [2.45, 2.75) is 25.3 Å². The number of aliphatic hydroxyl groups excluding tert-OH is 1. The zero-order chi connectivity index (χ0) is 10.7. The third-order valence-corrected chi connectivity index (χ3v) is 2.75. The zero-order valence-electron chi connectivity index (χ0n) is 8.43. The average molecular weight is 210 g/mol. The molecule has 2 rings (SSSR count). The number of aliphatic hydroxyl groups is 1. The number of hydrogen-bond donors (Lipinski definition) is 1. The minimum atomic E-state index is -0.175. The van der Waals surface area contributed by atoms with Crippen LogP contribution in [0.2, 0.25) is 0 Å². The van der Waals surface area contributed by atoms with E-state index in [-0.39, 0.29) is 24.3 Å². The lowest BCUT2D eigenvalue weighted by Crippen LogP contribution is -2.45. The Morgan fingerprint density at radius 3 is 3.20 bits per heavy atom. The molecule has 1 aliphatic heterocycles. The summed E-state index contributed by atoms with van der Waals surface area (Å²) in [5, 5.41) is 12.7. The van der Waals surface area contributed by atoms with Crippen molar-refractivity contribution in [2.75, 3.05) is 13.2 Å². The maximum Gasteiger partial charge on any atom is 0.292 e. The zero-order valence-corrected chi connectivity index (χ0v) is 8.43. The van der Waals surface area contributed by atoms with Crippen molar-refractivity contribution in [2.24, 2.45) is 0 Å². The molecule has 0 aromatic carbocycles. The normalized spacial score (nSPS) is 21.7. The molecule has 0 saturated carbocycles. The van der Waals surface area contributed by atoms with Crippen molar-refractivity contribution in [1.82, 2.24) is 10.1 Å². The van der Waals surface area contributed by atoms with Crippen LogP contribution in [0.4, 0.5) is 0 Å². The Bertz CT molecular complexity index is 323. The first-order valence-corrected chi connectivity index (χ1v) is 5.15. The van der Waals surface area contributed by atoms with Gasteiger partial charge in [0.2, 0.25) is 5.76 Å². The maximum absolute atomic E-state index is 11.9. The van der Waals surface area contributed by atoms with Gasteiger partial charge in [-0.25, -0.2) is 0 Å². The van der Waals surface area contributed by atoms with E-state index in [9.17, 15) is 4.79 Å². The number of likely N-dealkylation sites (tertiary alicyclic amines) is 1. The number of carbonyl (C=O) groups excluding carboxylic acids is 1. The fraction of sp³-hybridized carbons (Fsp3) is 0.600. The highest BCUT2D eigenvalue weighted by atomic mass is 16.5. The topological polar surface area (TPSA) is 66.6 Å². The lowest BCUT2D eigenvalue weighted by Gasteiger charge is -2.33. The van der Waals surface area contributed by atoms with E-state index in [0.29, 0.717) is 6.54 Å². The fourth-order valence-corrected chi connectivity index (χ4v) is 1.93. The van der Waals surface area contributed by atoms with Crippen molar-refractivity contribution < 1.29 is 14.4 Å². The Morgan fingerprint density at radius 2 is 2.53 bits per heavy atom. The number of aromatic nitrogens is 1. The van der Waals surface area contributed by atoms with Crippen LogP contribution < -0.4 is 0 Å². The van der Waals surface area contributed by atoms with Crippen molar-refractivity contribution in [3.05, 3.63) is 18.0 Å². The van der Waals surface area contributed by atoms with E-state index in [1.807, 2.05) is 0 Å². The van der Waals surface area contributed by atoms with Gasteiger partial charge < -0.3 is 14.5 Å². The molecule has 1 atom stereocenters. The number of rotatable bonds is 2. The monoisotopic (exact) mass is 210 g/mol. The quantitative estimate of drug-likeness (QED) is 0.778. The highest BCUT2D eigenvalue weighted by molar-refractivity contribution is 5.91. The molecular weight excluding hydrogens is 196 g/mol. The third kappa shape index (κ3) is 2.02. The Hall–Kier alpha value is -1.36. The molecule has 1 saturated heterocycles. The lowest BCUT2D eigenvalue weighted by atomic mass is 10.0. The predicted molar refractivity (Wildman–Crippen MR) is 52.3 cm³/mol. The molecule has 1 aromatic heterocycles. The van der Waals surface area contributed by atoms with Crippen LogP contribution >= 0.6 is 0 Å². The van der Waals surface area contributed by atoms with E-state index in [0.717, 1.165) is 19.3 Å². The Labute approximate surface area is 87.7 Å². The molecule has 1 aromatic rings. The molecule has 0 bridgehead atoms. The molecule has 0 spiro atoms. The molecule has 1 fully saturated rings. The van der Waals surface area contributed by atoms with Crippen LogP contribution in [-0.2, 0) is 0 Å². The molecule has 82 valence electrons. The summed E-state index contributed by atoms with van der Waals surface area (Å²) in [6, 6.07) is 1.47. The first-order valence-electron chi connectivity index (χ1n) is 5.15. The van der Waals surface area contributed by atoms with Gasteiger partial charge in [0.15, 0.2) is 0 Å². The molecule has 0 radical (unpaired) electrons. The van der Waals surface area contributed by atoms with Gasteiger partial charge in [0.25, 0.3) is 5.91 Å². The van der Waals surface area contributed by atoms with Crippen LogP contribution in [0.5, 0.6) is 0 Å². The number of hydrogen-bond acceptors (Lipinski definition) is 4. The van der Waals surface area contributed by atoms with Crippen molar-refractivity contribution in [3.63, 3.8) is 0 Å². The second kappa shape index (κ2) is 4.44. The maximum atomic E-state index is 11.9. The summed E-state index contributed by atoms with van der Waals surface area (Å²) in [5.41, 5.74) is 0. The van der Waals surface area contributed by atoms with E-state index in [4.69, 9.17) is 9.63 Å². The summed E-state index contributed by atoms with van der Waals surface area (Å²) in [6.07, 6.45) is 4.35. The van der Waals surface area contributed by atoms with Crippen LogP contribution in [-0.4, -0.2) is 40.3 Å². The summed E-state index contributed by atoms with van der Waals surface area (Å²) in [4.78, 5) is 13.6. The van der Waals surface area contributed by atoms with E-state index >= 15 is 0 Å². The van der Waals surface area contributed by atoms with Crippen LogP contribution in [0.15, 0.2) is 16.8 Å². The van der Waals surface area contributed by atoms with Gasteiger partial charge in [0.1, 0.15) is 0 Å². The first-order chi connectivity index (χ1) is 7.33. The molecule has 1 aliphatic rings. The molecule has 5 heteroatoms. The van der Waals surface area contributed by atoms with Crippen molar-refractivity contribution in [3.8, 4) is 0 Å². The number of nitrogens with zero attached hydrogens (tertiary/aromatic N) is 2. The van der Waals surface area contributed by atoms with Crippen molar-refractivity contribution >= 4 is 5.91 Å². The summed E-state index contributed by atoms with van der Waals surface area (Å²) >= 11 is 0. The number of carbonyl (C=O) groups is 1. The summed E-state index contributed by atoms with van der Waals surface area (Å²) in [7, 11) is 0. The van der Waals surface area contributed by atoms with E-state index in [1.54, 1.807) is 11.0 Å². The average Bonchev–Trinajstić information content (AvgIpc) is 2.81. The molecule has 2 heterocycles. The highest BCUT2D eigenvalue weighted by Crippen LogP contribution is 2.19. The largest absolute Gasteiger partial charge is 0.394 e. The molecule has 1 amide bonds. The minimum absolute atomic E-state index is 0.0138. The van der Waals surface area contributed by atoms with Gasteiger partial charge >= 0.3 is 0 Å². The van der Waals surface area contributed by atoms with Crippen LogP contribution in [0.1, 0.15) is 29.8 Å². The molecule has 15 heavy (non-hydrogen) atoms. The second-order valence-corrected chi connectivity index (χ2v) is 3.71. The van der Waals surface area contributed by atoms with Gasteiger partial charge in [-0.2, -0.15) is 0 Å². The fourth-order valence-electron chi connectivity index (χ4n) is 1.93. The molecule has 0 aliphatic carbocycles. The highest BCUT2D eigenvalue weighted by Gasteiger charge is 2.28. The second-order valence-electron chi connectivity index (χ2n) is 3.71. The summed E-state index contributed by atoms with van der Waals surface area (Å²) in [6.45, 7) is 0.699. The Morgan fingerprint density at radius 1 is 1.67 bits per heavy atom. The molecule has 1 unspecified atom stereocenters. The minimum Gasteiger partial charge on any atom is -0.394 e. The van der Waals surface area contributed by atoms with E-state index in [2.05, 4.69) is 5.16 Å². The summed E-state index contributed by atoms with van der Waals surface area (Å²) in [5.74, 6) is 0.0709.